The van der Waals surface area contributed by atoms with Crippen LogP contribution in [0.5, 0.6) is 0 Å². The van der Waals surface area contributed by atoms with Crippen LogP contribution in [-0.2, 0) is 12.4 Å². The molecule has 2 rings (SSSR count). The average Bonchev–Trinajstić information content (AvgIpc) is 2.40. The third-order valence-corrected chi connectivity index (χ3v) is 3.29. The van der Waals surface area contributed by atoms with Gasteiger partial charge >= 0.3 is 0 Å². The second kappa shape index (κ2) is 6.17. The maximum atomic E-state index is 12.4. The first-order valence-electron chi connectivity index (χ1n) is 6.32. The molecule has 102 valence electrons. The smallest absolute Gasteiger partial charge is 0.261 e. The van der Waals surface area contributed by atoms with Crippen molar-refractivity contribution in [3.05, 3.63) is 40.4 Å². The molecule has 0 radical (unpaired) electrons. The number of fused-ring (bicyclic) bond motifs is 1. The first-order chi connectivity index (χ1) is 9.13. The van der Waals surface area contributed by atoms with Crippen molar-refractivity contribution in [2.24, 2.45) is 0 Å². The molecule has 0 fully saturated rings. The molecule has 19 heavy (non-hydrogen) atoms. The highest BCUT2D eigenvalue weighted by molar-refractivity contribution is 6.16. The fraction of sp³-hybridized carbons (Fsp3) is 0.429. The van der Waals surface area contributed by atoms with Gasteiger partial charge in [0.15, 0.2) is 0 Å². The molecule has 1 heterocycles. The summed E-state index contributed by atoms with van der Waals surface area (Å²) in [6.07, 6.45) is 0.900. The highest BCUT2D eigenvalue weighted by Gasteiger charge is 2.09. The van der Waals surface area contributed by atoms with E-state index in [9.17, 15) is 4.79 Å². The number of alkyl halides is 1. The van der Waals surface area contributed by atoms with E-state index in [0.29, 0.717) is 23.3 Å². The lowest BCUT2D eigenvalue weighted by atomic mass is 10.2. The van der Waals surface area contributed by atoms with Gasteiger partial charge < -0.3 is 4.90 Å². The molecule has 0 saturated heterocycles. The van der Waals surface area contributed by atoms with Crippen LogP contribution in [0, 0.1) is 0 Å². The number of halogens is 1. The molecule has 0 aliphatic rings. The summed E-state index contributed by atoms with van der Waals surface area (Å²) in [5, 5.41) is 0.654. The molecule has 1 aromatic heterocycles. The lowest BCUT2D eigenvalue weighted by Crippen LogP contribution is -2.26. The summed E-state index contributed by atoms with van der Waals surface area (Å²) in [6.45, 7) is 1.58. The van der Waals surface area contributed by atoms with E-state index >= 15 is 0 Å². The Bertz CT molecular complexity index is 622. The van der Waals surface area contributed by atoms with E-state index in [1.165, 1.54) is 0 Å². The summed E-state index contributed by atoms with van der Waals surface area (Å²) in [5.41, 5.74) is 0.715. The molecule has 0 bridgehead atoms. The topological polar surface area (TPSA) is 38.1 Å². The standard InChI is InChI=1S/C14H18ClN3O/c1-17(2)8-5-9-18-13(10-15)16-12-7-4-3-6-11(12)14(18)19/h3-4,6-7H,5,8-10H2,1-2H3. The Balaban J connectivity index is 2.40. The van der Waals surface area contributed by atoms with Gasteiger partial charge in [0.05, 0.1) is 16.8 Å². The molecule has 2 aromatic rings. The van der Waals surface area contributed by atoms with E-state index in [4.69, 9.17) is 11.6 Å². The second-order valence-corrected chi connectivity index (χ2v) is 5.06. The van der Waals surface area contributed by atoms with Crippen LogP contribution in [0.2, 0.25) is 0 Å². The highest BCUT2D eigenvalue weighted by Crippen LogP contribution is 2.09. The zero-order chi connectivity index (χ0) is 13.8. The van der Waals surface area contributed by atoms with E-state index < -0.39 is 0 Å². The van der Waals surface area contributed by atoms with Gasteiger partial charge in [-0.2, -0.15) is 0 Å². The Morgan fingerprint density at radius 3 is 2.74 bits per heavy atom. The van der Waals surface area contributed by atoms with Gasteiger partial charge in [0.25, 0.3) is 5.56 Å². The minimum Gasteiger partial charge on any atom is -0.309 e. The predicted molar refractivity (Wildman–Crippen MR) is 78.7 cm³/mol. The zero-order valence-corrected chi connectivity index (χ0v) is 12.0. The number of rotatable bonds is 5. The maximum absolute atomic E-state index is 12.4. The Hall–Kier alpha value is -1.39. The van der Waals surface area contributed by atoms with Crippen molar-refractivity contribution in [3.63, 3.8) is 0 Å². The SMILES string of the molecule is CN(C)CCCn1c(CCl)nc2ccccc2c1=O. The molecule has 0 saturated carbocycles. The van der Waals surface area contributed by atoms with Gasteiger partial charge in [0, 0.05) is 6.54 Å². The van der Waals surface area contributed by atoms with Gasteiger partial charge in [-0.15, -0.1) is 11.6 Å². The lowest BCUT2D eigenvalue weighted by molar-refractivity contribution is 0.383. The van der Waals surface area contributed by atoms with Crippen molar-refractivity contribution in [1.29, 1.82) is 0 Å². The summed E-state index contributed by atoms with van der Waals surface area (Å²) in [5.74, 6) is 0.895. The number of hydrogen-bond donors (Lipinski definition) is 0. The van der Waals surface area contributed by atoms with Crippen molar-refractivity contribution in [2.45, 2.75) is 18.8 Å². The predicted octanol–water partition coefficient (Wildman–Crippen LogP) is 2.09. The quantitative estimate of drug-likeness (QED) is 0.787. The third-order valence-electron chi connectivity index (χ3n) is 3.05. The van der Waals surface area contributed by atoms with E-state index in [-0.39, 0.29) is 11.4 Å². The summed E-state index contributed by atoms with van der Waals surface area (Å²) in [6, 6.07) is 7.39. The molecule has 0 spiro atoms. The van der Waals surface area contributed by atoms with Gasteiger partial charge in [-0.05, 0) is 39.2 Å². The molecule has 0 aliphatic carbocycles. The minimum absolute atomic E-state index is 0.00000567. The lowest BCUT2D eigenvalue weighted by Gasteiger charge is -2.13. The van der Waals surface area contributed by atoms with Crippen LogP contribution < -0.4 is 5.56 Å². The summed E-state index contributed by atoms with van der Waals surface area (Å²) in [4.78, 5) is 19.0. The van der Waals surface area contributed by atoms with Crippen molar-refractivity contribution in [1.82, 2.24) is 14.5 Å². The number of para-hydroxylation sites is 1. The molecular formula is C14H18ClN3O. The van der Waals surface area contributed by atoms with E-state index in [0.717, 1.165) is 13.0 Å². The molecule has 4 nitrogen and oxygen atoms in total. The molecule has 0 unspecified atom stereocenters. The van der Waals surface area contributed by atoms with Gasteiger partial charge in [-0.1, -0.05) is 12.1 Å². The monoisotopic (exact) mass is 279 g/mol. The van der Waals surface area contributed by atoms with Gasteiger partial charge in [0.1, 0.15) is 5.82 Å². The van der Waals surface area contributed by atoms with Gasteiger partial charge in [-0.25, -0.2) is 4.98 Å². The first kappa shape index (κ1) is 14.0. The van der Waals surface area contributed by atoms with Crippen LogP contribution in [0.4, 0.5) is 0 Å². The number of benzene rings is 1. The number of aromatic nitrogens is 2. The van der Waals surface area contributed by atoms with Crippen LogP contribution in [0.15, 0.2) is 29.1 Å². The Labute approximate surface area is 117 Å². The van der Waals surface area contributed by atoms with E-state index in [2.05, 4.69) is 9.88 Å². The van der Waals surface area contributed by atoms with Gasteiger partial charge in [0.2, 0.25) is 0 Å². The molecule has 0 N–H and O–H groups in total. The largest absolute Gasteiger partial charge is 0.309 e. The van der Waals surface area contributed by atoms with Crippen molar-refractivity contribution in [3.8, 4) is 0 Å². The van der Waals surface area contributed by atoms with Crippen LogP contribution >= 0.6 is 11.6 Å². The van der Waals surface area contributed by atoms with Crippen molar-refractivity contribution in [2.75, 3.05) is 20.6 Å². The first-order valence-corrected chi connectivity index (χ1v) is 6.86. The summed E-state index contributed by atoms with van der Waals surface area (Å²) in [7, 11) is 4.04. The molecule has 0 amide bonds. The van der Waals surface area contributed by atoms with Gasteiger partial charge in [-0.3, -0.25) is 9.36 Å². The number of nitrogens with zero attached hydrogens (tertiary/aromatic N) is 3. The second-order valence-electron chi connectivity index (χ2n) is 4.79. The Kier molecular flexibility index (Phi) is 4.56. The normalized spacial score (nSPS) is 11.4. The van der Waals surface area contributed by atoms with E-state index in [1.54, 1.807) is 4.57 Å². The molecule has 1 aromatic carbocycles. The Morgan fingerprint density at radius 2 is 2.05 bits per heavy atom. The third kappa shape index (κ3) is 3.14. The molecule has 0 atom stereocenters. The average molecular weight is 280 g/mol. The van der Waals surface area contributed by atoms with E-state index in [1.807, 2.05) is 38.4 Å². The number of hydrogen-bond acceptors (Lipinski definition) is 3. The fourth-order valence-electron chi connectivity index (χ4n) is 2.09. The Morgan fingerprint density at radius 1 is 1.32 bits per heavy atom. The zero-order valence-electron chi connectivity index (χ0n) is 11.3. The van der Waals surface area contributed by atoms with Crippen molar-refractivity contribution < 1.29 is 0 Å². The van der Waals surface area contributed by atoms with Crippen LogP contribution in [0.3, 0.4) is 0 Å². The van der Waals surface area contributed by atoms with Crippen LogP contribution in [-0.4, -0.2) is 35.1 Å². The molecular weight excluding hydrogens is 262 g/mol. The van der Waals surface area contributed by atoms with Crippen LogP contribution in [0.25, 0.3) is 10.9 Å². The summed E-state index contributed by atoms with van der Waals surface area (Å²) >= 11 is 5.91. The minimum atomic E-state index is 0.00000567. The molecule has 5 heteroatoms. The maximum Gasteiger partial charge on any atom is 0.261 e. The fourth-order valence-corrected chi connectivity index (χ4v) is 2.30. The van der Waals surface area contributed by atoms with Crippen LogP contribution in [0.1, 0.15) is 12.2 Å². The molecule has 0 aliphatic heterocycles. The highest BCUT2D eigenvalue weighted by atomic mass is 35.5. The van der Waals surface area contributed by atoms with Crippen molar-refractivity contribution >= 4 is 22.5 Å². The summed E-state index contributed by atoms with van der Waals surface area (Å²) < 4.78 is 1.69.